The minimum absolute atomic E-state index is 0.718. The standard InChI is InChI=1S/C14H21N5/c1-2-6-19-11-15-8-13(19)10-18-7-5-16-14(18)9-17-12-3-4-12/h5,7-8,11-12,17H,2-4,6,9-10H2,1H3. The smallest absolute Gasteiger partial charge is 0.123 e. The van der Waals surface area contributed by atoms with Crippen LogP contribution in [-0.4, -0.2) is 25.1 Å². The highest BCUT2D eigenvalue weighted by Gasteiger charge is 2.20. The Hall–Kier alpha value is -1.62. The lowest BCUT2D eigenvalue weighted by Crippen LogP contribution is -2.19. The second kappa shape index (κ2) is 5.57. The molecule has 1 N–H and O–H groups in total. The monoisotopic (exact) mass is 259 g/mol. The minimum atomic E-state index is 0.718. The molecule has 2 heterocycles. The maximum Gasteiger partial charge on any atom is 0.123 e. The molecule has 0 aliphatic heterocycles. The fourth-order valence-corrected chi connectivity index (χ4v) is 2.27. The van der Waals surface area contributed by atoms with Crippen LogP contribution in [0, 0.1) is 0 Å². The second-order valence-electron chi connectivity index (χ2n) is 5.20. The third-order valence-corrected chi connectivity index (χ3v) is 3.52. The van der Waals surface area contributed by atoms with Crippen LogP contribution in [0.3, 0.4) is 0 Å². The van der Waals surface area contributed by atoms with E-state index in [1.165, 1.54) is 18.5 Å². The highest BCUT2D eigenvalue weighted by molar-refractivity contribution is 5.03. The lowest BCUT2D eigenvalue weighted by Gasteiger charge is -2.10. The summed E-state index contributed by atoms with van der Waals surface area (Å²) in [6.45, 7) is 4.92. The van der Waals surface area contributed by atoms with Crippen molar-refractivity contribution in [2.24, 2.45) is 0 Å². The number of hydrogen-bond donors (Lipinski definition) is 1. The molecule has 2 aromatic rings. The Balaban J connectivity index is 1.67. The van der Waals surface area contributed by atoms with Crippen LogP contribution in [0.25, 0.3) is 0 Å². The van der Waals surface area contributed by atoms with E-state index in [0.29, 0.717) is 0 Å². The summed E-state index contributed by atoms with van der Waals surface area (Å²) in [5, 5.41) is 3.51. The van der Waals surface area contributed by atoms with Crippen LogP contribution in [-0.2, 0) is 19.6 Å². The van der Waals surface area contributed by atoms with Gasteiger partial charge in [-0.15, -0.1) is 0 Å². The van der Waals surface area contributed by atoms with Gasteiger partial charge in [0.25, 0.3) is 0 Å². The molecule has 0 unspecified atom stereocenters. The Morgan fingerprint density at radius 2 is 2.26 bits per heavy atom. The number of nitrogens with zero attached hydrogens (tertiary/aromatic N) is 4. The second-order valence-corrected chi connectivity index (χ2v) is 5.20. The van der Waals surface area contributed by atoms with E-state index in [9.17, 15) is 0 Å². The van der Waals surface area contributed by atoms with Crippen LogP contribution in [0.5, 0.6) is 0 Å². The maximum absolute atomic E-state index is 4.44. The number of rotatable bonds is 7. The number of nitrogens with one attached hydrogen (secondary N) is 1. The van der Waals surface area contributed by atoms with E-state index in [0.717, 1.165) is 37.9 Å². The third kappa shape index (κ3) is 3.04. The molecular formula is C14H21N5. The summed E-state index contributed by atoms with van der Waals surface area (Å²) in [4.78, 5) is 8.69. The zero-order valence-electron chi connectivity index (χ0n) is 11.4. The molecule has 0 saturated heterocycles. The fourth-order valence-electron chi connectivity index (χ4n) is 2.27. The van der Waals surface area contributed by atoms with E-state index in [4.69, 9.17) is 0 Å². The number of hydrogen-bond acceptors (Lipinski definition) is 3. The Kier molecular flexibility index (Phi) is 3.64. The van der Waals surface area contributed by atoms with Crippen molar-refractivity contribution in [3.05, 3.63) is 36.4 Å². The Labute approximate surface area is 113 Å². The molecular weight excluding hydrogens is 238 g/mol. The largest absolute Gasteiger partial charge is 0.333 e. The van der Waals surface area contributed by atoms with Gasteiger partial charge < -0.3 is 14.5 Å². The highest BCUT2D eigenvalue weighted by atomic mass is 15.1. The third-order valence-electron chi connectivity index (χ3n) is 3.52. The molecule has 5 heteroatoms. The van der Waals surface area contributed by atoms with Crippen molar-refractivity contribution < 1.29 is 0 Å². The van der Waals surface area contributed by atoms with Crippen LogP contribution in [0.15, 0.2) is 24.9 Å². The number of aromatic nitrogens is 4. The Morgan fingerprint density at radius 3 is 3.05 bits per heavy atom. The average molecular weight is 259 g/mol. The van der Waals surface area contributed by atoms with Crippen LogP contribution < -0.4 is 5.32 Å². The molecule has 0 bridgehead atoms. The summed E-state index contributed by atoms with van der Waals surface area (Å²) in [7, 11) is 0. The van der Waals surface area contributed by atoms with Crippen LogP contribution in [0.1, 0.15) is 37.7 Å². The first-order valence-corrected chi connectivity index (χ1v) is 7.09. The molecule has 19 heavy (non-hydrogen) atoms. The maximum atomic E-state index is 4.44. The quantitative estimate of drug-likeness (QED) is 0.824. The van der Waals surface area contributed by atoms with Gasteiger partial charge in [-0.25, -0.2) is 9.97 Å². The molecule has 2 aromatic heterocycles. The van der Waals surface area contributed by atoms with Gasteiger partial charge in [-0.05, 0) is 19.3 Å². The lowest BCUT2D eigenvalue weighted by molar-refractivity contribution is 0.587. The minimum Gasteiger partial charge on any atom is -0.333 e. The zero-order chi connectivity index (χ0) is 13.1. The summed E-state index contributed by atoms with van der Waals surface area (Å²) in [6.07, 6.45) is 11.5. The molecule has 102 valence electrons. The summed E-state index contributed by atoms with van der Waals surface area (Å²) in [5.41, 5.74) is 1.24. The molecule has 5 nitrogen and oxygen atoms in total. The normalized spacial score (nSPS) is 15.0. The van der Waals surface area contributed by atoms with E-state index in [1.54, 1.807) is 0 Å². The molecule has 1 saturated carbocycles. The van der Waals surface area contributed by atoms with Gasteiger partial charge in [-0.1, -0.05) is 6.92 Å². The van der Waals surface area contributed by atoms with Crippen molar-refractivity contribution in [3.63, 3.8) is 0 Å². The Morgan fingerprint density at radius 1 is 1.37 bits per heavy atom. The van der Waals surface area contributed by atoms with Gasteiger partial charge in [0.2, 0.25) is 0 Å². The van der Waals surface area contributed by atoms with Gasteiger partial charge in [0, 0.05) is 31.2 Å². The molecule has 0 amide bonds. The van der Waals surface area contributed by atoms with E-state index in [-0.39, 0.29) is 0 Å². The first-order valence-electron chi connectivity index (χ1n) is 7.09. The summed E-state index contributed by atoms with van der Waals surface area (Å²) in [5.74, 6) is 1.11. The van der Waals surface area contributed by atoms with Crippen LogP contribution in [0.4, 0.5) is 0 Å². The SMILES string of the molecule is CCCn1cncc1Cn1ccnc1CNC1CC1. The van der Waals surface area contributed by atoms with Crippen molar-refractivity contribution in [1.29, 1.82) is 0 Å². The molecule has 1 aliphatic rings. The van der Waals surface area contributed by atoms with E-state index in [2.05, 4.69) is 31.3 Å². The van der Waals surface area contributed by atoms with Gasteiger partial charge in [-0.3, -0.25) is 0 Å². The number of imidazole rings is 2. The first kappa shape index (κ1) is 12.4. The fraction of sp³-hybridized carbons (Fsp3) is 0.571. The molecule has 0 radical (unpaired) electrons. The Bertz CT molecular complexity index is 523. The topological polar surface area (TPSA) is 47.7 Å². The molecule has 0 spiro atoms. The summed E-state index contributed by atoms with van der Waals surface area (Å²) >= 11 is 0. The van der Waals surface area contributed by atoms with Gasteiger partial charge in [0.15, 0.2) is 0 Å². The summed E-state index contributed by atoms with van der Waals surface area (Å²) < 4.78 is 4.43. The van der Waals surface area contributed by atoms with Crippen molar-refractivity contribution in [2.75, 3.05) is 0 Å². The van der Waals surface area contributed by atoms with Crippen molar-refractivity contribution in [2.45, 2.75) is 51.9 Å². The molecule has 0 aromatic carbocycles. The summed E-state index contributed by atoms with van der Waals surface area (Å²) in [6, 6.07) is 0.718. The molecule has 1 fully saturated rings. The number of aryl methyl sites for hydroxylation is 1. The van der Waals surface area contributed by atoms with E-state index in [1.807, 2.05) is 24.9 Å². The predicted molar refractivity (Wildman–Crippen MR) is 73.7 cm³/mol. The average Bonchev–Trinajstić information content (AvgIpc) is 2.98. The zero-order valence-corrected chi connectivity index (χ0v) is 11.4. The highest BCUT2D eigenvalue weighted by Crippen LogP contribution is 2.19. The molecule has 0 atom stereocenters. The van der Waals surface area contributed by atoms with E-state index < -0.39 is 0 Å². The van der Waals surface area contributed by atoms with Gasteiger partial charge in [-0.2, -0.15) is 0 Å². The van der Waals surface area contributed by atoms with Gasteiger partial charge in [0.05, 0.1) is 25.1 Å². The predicted octanol–water partition coefficient (Wildman–Crippen LogP) is 1.79. The van der Waals surface area contributed by atoms with Crippen molar-refractivity contribution >= 4 is 0 Å². The van der Waals surface area contributed by atoms with Gasteiger partial charge >= 0.3 is 0 Å². The van der Waals surface area contributed by atoms with Gasteiger partial charge in [0.1, 0.15) is 5.82 Å². The lowest BCUT2D eigenvalue weighted by atomic mass is 10.4. The molecule has 3 rings (SSSR count). The molecule has 1 aliphatic carbocycles. The van der Waals surface area contributed by atoms with E-state index >= 15 is 0 Å². The first-order chi connectivity index (χ1) is 9.36. The van der Waals surface area contributed by atoms with Crippen molar-refractivity contribution in [3.8, 4) is 0 Å². The van der Waals surface area contributed by atoms with Crippen LogP contribution >= 0.6 is 0 Å². The van der Waals surface area contributed by atoms with Crippen LogP contribution in [0.2, 0.25) is 0 Å². The van der Waals surface area contributed by atoms with Crippen molar-refractivity contribution in [1.82, 2.24) is 24.4 Å².